The Hall–Kier alpha value is -1.81. The summed E-state index contributed by atoms with van der Waals surface area (Å²) in [6.07, 6.45) is 1.81. The van der Waals surface area contributed by atoms with Crippen LogP contribution in [0.4, 0.5) is 5.69 Å². The van der Waals surface area contributed by atoms with E-state index in [-0.39, 0.29) is 5.91 Å². The molecule has 0 radical (unpaired) electrons. The van der Waals surface area contributed by atoms with Gasteiger partial charge in [-0.3, -0.25) is 4.79 Å². The third-order valence-corrected chi connectivity index (χ3v) is 4.06. The average molecular weight is 286 g/mol. The van der Waals surface area contributed by atoms with Crippen molar-refractivity contribution in [1.82, 2.24) is 4.98 Å². The van der Waals surface area contributed by atoms with Crippen LogP contribution in [-0.4, -0.2) is 16.6 Å². The van der Waals surface area contributed by atoms with E-state index in [1.165, 1.54) is 17.3 Å². The lowest BCUT2D eigenvalue weighted by Gasteiger charge is -2.10. The SMILES string of the molecule is Cc1ccc(SCC(=O)Nc2cccc(C)c2C)nc1. The van der Waals surface area contributed by atoms with Gasteiger partial charge in [0.05, 0.1) is 10.8 Å². The van der Waals surface area contributed by atoms with Crippen LogP contribution in [0, 0.1) is 20.8 Å². The molecule has 0 saturated carbocycles. The Morgan fingerprint density at radius 2 is 2.00 bits per heavy atom. The minimum Gasteiger partial charge on any atom is -0.325 e. The number of hydrogen-bond donors (Lipinski definition) is 1. The summed E-state index contributed by atoms with van der Waals surface area (Å²) in [7, 11) is 0. The molecule has 1 aromatic heterocycles. The molecule has 0 aliphatic carbocycles. The number of nitrogens with one attached hydrogen (secondary N) is 1. The predicted molar refractivity (Wildman–Crippen MR) is 84.2 cm³/mol. The summed E-state index contributed by atoms with van der Waals surface area (Å²) < 4.78 is 0. The topological polar surface area (TPSA) is 42.0 Å². The molecule has 3 nitrogen and oxygen atoms in total. The fourth-order valence-corrected chi connectivity index (χ4v) is 2.39. The number of aromatic nitrogens is 1. The number of amides is 1. The Morgan fingerprint density at radius 1 is 1.20 bits per heavy atom. The Morgan fingerprint density at radius 3 is 2.70 bits per heavy atom. The van der Waals surface area contributed by atoms with Crippen LogP contribution < -0.4 is 5.32 Å². The number of nitrogens with zero attached hydrogens (tertiary/aromatic N) is 1. The highest BCUT2D eigenvalue weighted by molar-refractivity contribution is 7.99. The molecule has 0 fully saturated rings. The standard InChI is InChI=1S/C16H18N2OS/c1-11-7-8-16(17-9-11)20-10-15(19)18-14-6-4-5-12(2)13(14)3/h4-9H,10H2,1-3H3,(H,18,19). The summed E-state index contributed by atoms with van der Waals surface area (Å²) in [5.74, 6) is 0.356. The fraction of sp³-hybridized carbons (Fsp3) is 0.250. The maximum atomic E-state index is 12.0. The minimum atomic E-state index is -0.00826. The minimum absolute atomic E-state index is 0.00826. The van der Waals surface area contributed by atoms with Crippen LogP contribution in [0.15, 0.2) is 41.6 Å². The van der Waals surface area contributed by atoms with Gasteiger partial charge in [0.2, 0.25) is 5.91 Å². The largest absolute Gasteiger partial charge is 0.325 e. The smallest absolute Gasteiger partial charge is 0.234 e. The molecule has 1 heterocycles. The molecule has 0 spiro atoms. The number of carbonyl (C=O) groups is 1. The zero-order chi connectivity index (χ0) is 14.5. The number of benzene rings is 1. The Kier molecular flexibility index (Phi) is 4.79. The second-order valence-corrected chi connectivity index (χ2v) is 5.75. The Balaban J connectivity index is 1.92. The van der Waals surface area contributed by atoms with Crippen LogP contribution in [-0.2, 0) is 4.79 Å². The van der Waals surface area contributed by atoms with Gasteiger partial charge in [-0.05, 0) is 49.6 Å². The van der Waals surface area contributed by atoms with Crippen LogP contribution >= 0.6 is 11.8 Å². The summed E-state index contributed by atoms with van der Waals surface area (Å²) in [4.78, 5) is 16.2. The van der Waals surface area contributed by atoms with Crippen molar-refractivity contribution in [3.8, 4) is 0 Å². The molecular formula is C16H18N2OS. The summed E-state index contributed by atoms with van der Waals surface area (Å²) in [5.41, 5.74) is 4.29. The molecule has 4 heteroatoms. The molecule has 1 aromatic carbocycles. The highest BCUT2D eigenvalue weighted by Gasteiger charge is 2.07. The molecule has 0 bridgehead atoms. The van der Waals surface area contributed by atoms with Gasteiger partial charge in [-0.2, -0.15) is 0 Å². The van der Waals surface area contributed by atoms with Crippen molar-refractivity contribution < 1.29 is 4.79 Å². The van der Waals surface area contributed by atoms with Crippen LogP contribution in [0.1, 0.15) is 16.7 Å². The summed E-state index contributed by atoms with van der Waals surface area (Å²) >= 11 is 1.44. The normalized spacial score (nSPS) is 10.3. The van der Waals surface area contributed by atoms with E-state index in [2.05, 4.69) is 10.3 Å². The molecule has 0 atom stereocenters. The van der Waals surface area contributed by atoms with Gasteiger partial charge >= 0.3 is 0 Å². The van der Waals surface area contributed by atoms with Crippen molar-refractivity contribution in [2.75, 3.05) is 11.1 Å². The van der Waals surface area contributed by atoms with Crippen molar-refractivity contribution in [2.24, 2.45) is 0 Å². The first kappa shape index (κ1) is 14.6. The van der Waals surface area contributed by atoms with Gasteiger partial charge in [0, 0.05) is 11.9 Å². The van der Waals surface area contributed by atoms with Gasteiger partial charge in [0.25, 0.3) is 0 Å². The van der Waals surface area contributed by atoms with E-state index >= 15 is 0 Å². The van der Waals surface area contributed by atoms with Gasteiger partial charge < -0.3 is 5.32 Å². The van der Waals surface area contributed by atoms with Crippen LogP contribution in [0.2, 0.25) is 0 Å². The number of pyridine rings is 1. The van der Waals surface area contributed by atoms with E-state index in [9.17, 15) is 4.79 Å². The van der Waals surface area contributed by atoms with Crippen LogP contribution in [0.25, 0.3) is 0 Å². The van der Waals surface area contributed by atoms with Gasteiger partial charge in [-0.1, -0.05) is 30.0 Å². The summed E-state index contributed by atoms with van der Waals surface area (Å²) in [5, 5.41) is 3.81. The maximum absolute atomic E-state index is 12.0. The highest BCUT2D eigenvalue weighted by atomic mass is 32.2. The Labute approximate surface area is 123 Å². The molecule has 1 amide bonds. The lowest BCUT2D eigenvalue weighted by Crippen LogP contribution is -2.15. The van der Waals surface area contributed by atoms with Gasteiger partial charge in [-0.25, -0.2) is 4.98 Å². The third-order valence-electron chi connectivity index (χ3n) is 3.11. The van der Waals surface area contributed by atoms with Crippen molar-refractivity contribution in [1.29, 1.82) is 0 Å². The third kappa shape index (κ3) is 3.84. The lowest BCUT2D eigenvalue weighted by molar-refractivity contribution is -0.113. The molecule has 2 aromatic rings. The van der Waals surface area contributed by atoms with Crippen molar-refractivity contribution in [3.05, 3.63) is 53.2 Å². The molecule has 0 unspecified atom stereocenters. The number of rotatable bonds is 4. The fourth-order valence-electron chi connectivity index (χ4n) is 1.75. The summed E-state index contributed by atoms with van der Waals surface area (Å²) in [6.45, 7) is 6.05. The van der Waals surface area contributed by atoms with Gasteiger partial charge in [0.15, 0.2) is 0 Å². The molecule has 0 saturated heterocycles. The first-order valence-corrected chi connectivity index (χ1v) is 7.46. The van der Waals surface area contributed by atoms with Crippen molar-refractivity contribution in [2.45, 2.75) is 25.8 Å². The van der Waals surface area contributed by atoms with E-state index in [1.807, 2.05) is 57.3 Å². The zero-order valence-electron chi connectivity index (χ0n) is 11.9. The van der Waals surface area contributed by atoms with E-state index in [0.717, 1.165) is 21.8 Å². The molecule has 104 valence electrons. The maximum Gasteiger partial charge on any atom is 0.234 e. The number of thioether (sulfide) groups is 1. The summed E-state index contributed by atoms with van der Waals surface area (Å²) in [6, 6.07) is 9.85. The number of carbonyl (C=O) groups excluding carboxylic acids is 1. The van der Waals surface area contributed by atoms with E-state index in [4.69, 9.17) is 0 Å². The first-order valence-electron chi connectivity index (χ1n) is 6.48. The number of aryl methyl sites for hydroxylation is 2. The van der Waals surface area contributed by atoms with E-state index in [1.54, 1.807) is 0 Å². The number of anilines is 1. The molecule has 2 rings (SSSR count). The van der Waals surface area contributed by atoms with Gasteiger partial charge in [0.1, 0.15) is 0 Å². The lowest BCUT2D eigenvalue weighted by atomic mass is 10.1. The number of hydrogen-bond acceptors (Lipinski definition) is 3. The molecule has 0 aliphatic rings. The van der Waals surface area contributed by atoms with E-state index in [0.29, 0.717) is 5.75 Å². The quantitative estimate of drug-likeness (QED) is 0.871. The van der Waals surface area contributed by atoms with Crippen LogP contribution in [0.3, 0.4) is 0 Å². The van der Waals surface area contributed by atoms with Crippen molar-refractivity contribution >= 4 is 23.4 Å². The molecule has 20 heavy (non-hydrogen) atoms. The predicted octanol–water partition coefficient (Wildman–Crippen LogP) is 3.74. The van der Waals surface area contributed by atoms with Gasteiger partial charge in [-0.15, -0.1) is 0 Å². The second kappa shape index (κ2) is 6.57. The molecular weight excluding hydrogens is 268 g/mol. The van der Waals surface area contributed by atoms with E-state index < -0.39 is 0 Å². The Bertz CT molecular complexity index is 608. The second-order valence-electron chi connectivity index (χ2n) is 4.76. The molecule has 1 N–H and O–H groups in total. The van der Waals surface area contributed by atoms with Crippen molar-refractivity contribution in [3.63, 3.8) is 0 Å². The van der Waals surface area contributed by atoms with Crippen LogP contribution in [0.5, 0.6) is 0 Å². The highest BCUT2D eigenvalue weighted by Crippen LogP contribution is 2.19. The monoisotopic (exact) mass is 286 g/mol. The first-order chi connectivity index (χ1) is 9.56. The molecule has 0 aliphatic heterocycles. The zero-order valence-corrected chi connectivity index (χ0v) is 12.8. The average Bonchev–Trinajstić information content (AvgIpc) is 2.43.